The molecule has 1 saturated heterocycles. The first kappa shape index (κ1) is 12.3. The number of aryl methyl sites for hydroxylation is 2. The fourth-order valence-corrected chi connectivity index (χ4v) is 2.90. The van der Waals surface area contributed by atoms with Crippen molar-refractivity contribution < 1.29 is 0 Å². The molecule has 2 aromatic rings. The van der Waals surface area contributed by atoms with E-state index in [2.05, 4.69) is 58.0 Å². The highest BCUT2D eigenvalue weighted by Gasteiger charge is 2.39. The molecule has 0 atom stereocenters. The maximum atomic E-state index is 4.27. The van der Waals surface area contributed by atoms with Crippen molar-refractivity contribution in [2.75, 3.05) is 13.1 Å². The molecule has 5 heteroatoms. The van der Waals surface area contributed by atoms with Crippen molar-refractivity contribution >= 4 is 0 Å². The summed E-state index contributed by atoms with van der Waals surface area (Å²) in [5.74, 6) is 0.817. The Kier molecular flexibility index (Phi) is 3.06. The number of hydrogen-bond acceptors (Lipinski definition) is 4. The van der Waals surface area contributed by atoms with Gasteiger partial charge in [0.25, 0.3) is 0 Å². The first-order valence-electron chi connectivity index (χ1n) is 6.75. The number of tetrazole rings is 1. The van der Waals surface area contributed by atoms with Crippen LogP contribution in [0.1, 0.15) is 35.4 Å². The third-order valence-electron chi connectivity index (χ3n) is 4.29. The van der Waals surface area contributed by atoms with E-state index < -0.39 is 0 Å². The van der Waals surface area contributed by atoms with Gasteiger partial charge in [0.1, 0.15) is 0 Å². The van der Waals surface area contributed by atoms with E-state index in [-0.39, 0.29) is 5.41 Å². The van der Waals surface area contributed by atoms with Crippen molar-refractivity contribution in [1.82, 2.24) is 25.9 Å². The summed E-state index contributed by atoms with van der Waals surface area (Å²) in [6.07, 6.45) is 2.02. The van der Waals surface area contributed by atoms with E-state index in [9.17, 15) is 0 Å². The van der Waals surface area contributed by atoms with Gasteiger partial charge in [0.2, 0.25) is 0 Å². The lowest BCUT2D eigenvalue weighted by molar-refractivity contribution is 0.345. The molecule has 0 saturated carbocycles. The van der Waals surface area contributed by atoms with Gasteiger partial charge >= 0.3 is 0 Å². The van der Waals surface area contributed by atoms with Crippen LogP contribution in [0, 0.1) is 13.8 Å². The van der Waals surface area contributed by atoms with E-state index in [1.165, 1.54) is 16.7 Å². The summed E-state index contributed by atoms with van der Waals surface area (Å²) in [4.78, 5) is 0. The highest BCUT2D eigenvalue weighted by atomic mass is 15.5. The molecule has 3 rings (SSSR count). The van der Waals surface area contributed by atoms with Crippen LogP contribution in [-0.2, 0) is 5.41 Å². The molecule has 2 heterocycles. The van der Waals surface area contributed by atoms with Crippen molar-refractivity contribution in [3.05, 3.63) is 40.7 Å². The predicted molar refractivity (Wildman–Crippen MR) is 73.0 cm³/mol. The number of hydrogen-bond donors (Lipinski definition) is 2. The van der Waals surface area contributed by atoms with E-state index in [4.69, 9.17) is 0 Å². The van der Waals surface area contributed by atoms with Gasteiger partial charge in [-0.25, -0.2) is 0 Å². The quantitative estimate of drug-likeness (QED) is 0.855. The average molecular weight is 257 g/mol. The van der Waals surface area contributed by atoms with Gasteiger partial charge in [-0.1, -0.05) is 23.4 Å². The van der Waals surface area contributed by atoms with Gasteiger partial charge in [-0.05, 0) is 56.5 Å². The molecule has 19 heavy (non-hydrogen) atoms. The Morgan fingerprint density at radius 1 is 1.11 bits per heavy atom. The van der Waals surface area contributed by atoms with Crippen LogP contribution in [0.2, 0.25) is 0 Å². The van der Waals surface area contributed by atoms with Crippen molar-refractivity contribution in [3.63, 3.8) is 0 Å². The van der Waals surface area contributed by atoms with Gasteiger partial charge in [-0.15, -0.1) is 10.2 Å². The Morgan fingerprint density at radius 3 is 2.53 bits per heavy atom. The maximum absolute atomic E-state index is 4.27. The van der Waals surface area contributed by atoms with Crippen LogP contribution in [0.15, 0.2) is 18.2 Å². The molecule has 0 spiro atoms. The number of rotatable bonds is 2. The molecule has 5 nitrogen and oxygen atoms in total. The van der Waals surface area contributed by atoms with Crippen LogP contribution in [0.4, 0.5) is 0 Å². The normalized spacial score (nSPS) is 18.4. The minimum atomic E-state index is -0.100. The fourth-order valence-electron chi connectivity index (χ4n) is 2.90. The van der Waals surface area contributed by atoms with Gasteiger partial charge in [0, 0.05) is 0 Å². The zero-order valence-electron chi connectivity index (χ0n) is 11.4. The second-order valence-electron chi connectivity index (χ2n) is 5.37. The van der Waals surface area contributed by atoms with Crippen molar-refractivity contribution in [3.8, 4) is 0 Å². The summed E-state index contributed by atoms with van der Waals surface area (Å²) < 4.78 is 0. The minimum absolute atomic E-state index is 0.100. The molecule has 0 bridgehead atoms. The largest absolute Gasteiger partial charge is 0.317 e. The van der Waals surface area contributed by atoms with Gasteiger partial charge in [-0.2, -0.15) is 5.21 Å². The molecule has 0 amide bonds. The van der Waals surface area contributed by atoms with Gasteiger partial charge < -0.3 is 5.32 Å². The Hall–Kier alpha value is -1.75. The van der Waals surface area contributed by atoms with E-state index in [0.717, 1.165) is 31.8 Å². The molecule has 2 N–H and O–H groups in total. The topological polar surface area (TPSA) is 66.5 Å². The van der Waals surface area contributed by atoms with E-state index in [1.807, 2.05) is 0 Å². The summed E-state index contributed by atoms with van der Waals surface area (Å²) in [6, 6.07) is 6.68. The minimum Gasteiger partial charge on any atom is -0.317 e. The van der Waals surface area contributed by atoms with Crippen LogP contribution in [0.3, 0.4) is 0 Å². The van der Waals surface area contributed by atoms with Crippen LogP contribution in [0.5, 0.6) is 0 Å². The first-order valence-corrected chi connectivity index (χ1v) is 6.75. The van der Waals surface area contributed by atoms with Crippen LogP contribution in [0.25, 0.3) is 0 Å². The Morgan fingerprint density at radius 2 is 1.89 bits per heavy atom. The SMILES string of the molecule is Cc1ccc(C2(c3nn[nH]n3)CCNCC2)cc1C. The summed E-state index contributed by atoms with van der Waals surface area (Å²) in [6.45, 7) is 6.27. The molecule has 0 aliphatic carbocycles. The molecule has 1 fully saturated rings. The summed E-state index contributed by atoms with van der Waals surface area (Å²) in [5, 5.41) is 18.3. The van der Waals surface area contributed by atoms with E-state index in [1.54, 1.807) is 0 Å². The number of benzene rings is 1. The fraction of sp³-hybridized carbons (Fsp3) is 0.500. The number of piperidine rings is 1. The molecule has 0 unspecified atom stereocenters. The molecule has 1 aliphatic heterocycles. The standard InChI is InChI=1S/C14H19N5/c1-10-3-4-12(9-11(10)2)14(5-7-15-8-6-14)13-16-18-19-17-13/h3-4,9,15H,5-8H2,1-2H3,(H,16,17,18,19). The monoisotopic (exact) mass is 257 g/mol. The molecule has 1 aromatic heterocycles. The second-order valence-corrected chi connectivity index (χ2v) is 5.37. The lowest BCUT2D eigenvalue weighted by atomic mass is 9.72. The molecule has 0 radical (unpaired) electrons. The molecule has 100 valence electrons. The maximum Gasteiger partial charge on any atom is 0.185 e. The zero-order chi connectivity index (χ0) is 13.3. The molecule has 1 aromatic carbocycles. The van der Waals surface area contributed by atoms with Gasteiger partial charge in [0.15, 0.2) is 5.82 Å². The van der Waals surface area contributed by atoms with E-state index >= 15 is 0 Å². The number of nitrogens with zero attached hydrogens (tertiary/aromatic N) is 3. The highest BCUT2D eigenvalue weighted by Crippen LogP contribution is 2.38. The van der Waals surface area contributed by atoms with Gasteiger partial charge in [0.05, 0.1) is 5.41 Å². The van der Waals surface area contributed by atoms with Crippen molar-refractivity contribution in [2.24, 2.45) is 0 Å². The molecular weight excluding hydrogens is 238 g/mol. The van der Waals surface area contributed by atoms with E-state index in [0.29, 0.717) is 0 Å². The second kappa shape index (κ2) is 4.74. The van der Waals surface area contributed by atoms with Crippen LogP contribution >= 0.6 is 0 Å². The van der Waals surface area contributed by atoms with Crippen molar-refractivity contribution in [2.45, 2.75) is 32.1 Å². The van der Waals surface area contributed by atoms with Crippen LogP contribution in [-0.4, -0.2) is 33.7 Å². The highest BCUT2D eigenvalue weighted by molar-refractivity contribution is 5.39. The third kappa shape index (κ3) is 2.04. The Labute approximate surface area is 112 Å². The zero-order valence-corrected chi connectivity index (χ0v) is 11.4. The molecular formula is C14H19N5. The Balaban J connectivity index is 2.11. The predicted octanol–water partition coefficient (Wildman–Crippen LogP) is 1.49. The smallest absolute Gasteiger partial charge is 0.185 e. The number of aromatic nitrogens is 4. The van der Waals surface area contributed by atoms with Crippen LogP contribution < -0.4 is 5.32 Å². The lowest BCUT2D eigenvalue weighted by Gasteiger charge is -2.35. The third-order valence-corrected chi connectivity index (χ3v) is 4.29. The molecule has 1 aliphatic rings. The number of aromatic amines is 1. The summed E-state index contributed by atoms with van der Waals surface area (Å²) in [5.41, 5.74) is 3.84. The van der Waals surface area contributed by atoms with Crippen molar-refractivity contribution in [1.29, 1.82) is 0 Å². The van der Waals surface area contributed by atoms with Gasteiger partial charge in [-0.3, -0.25) is 0 Å². The summed E-state index contributed by atoms with van der Waals surface area (Å²) >= 11 is 0. The Bertz CT molecular complexity index is 555. The first-order chi connectivity index (χ1) is 9.22. The lowest BCUT2D eigenvalue weighted by Crippen LogP contribution is -2.41. The number of nitrogens with one attached hydrogen (secondary N) is 2. The summed E-state index contributed by atoms with van der Waals surface area (Å²) in [7, 11) is 0. The average Bonchev–Trinajstić information content (AvgIpc) is 2.97. The number of H-pyrrole nitrogens is 1.